The SMILES string of the molecule is Cc1ccc(C)c(CN(CCO)Cc2ccccc2)c1. The average molecular weight is 269 g/mol. The van der Waals surface area contributed by atoms with Gasteiger partial charge in [-0.3, -0.25) is 4.90 Å². The second kappa shape index (κ2) is 7.22. The van der Waals surface area contributed by atoms with E-state index in [1.807, 2.05) is 6.07 Å². The third-order valence-electron chi connectivity index (χ3n) is 3.56. The number of rotatable bonds is 6. The van der Waals surface area contributed by atoms with Gasteiger partial charge in [-0.2, -0.15) is 0 Å². The van der Waals surface area contributed by atoms with Crippen LogP contribution in [0.25, 0.3) is 0 Å². The maximum atomic E-state index is 9.27. The normalized spacial score (nSPS) is 11.0. The Morgan fingerprint density at radius 1 is 0.950 bits per heavy atom. The van der Waals surface area contributed by atoms with Crippen molar-refractivity contribution in [3.8, 4) is 0 Å². The van der Waals surface area contributed by atoms with Crippen molar-refractivity contribution < 1.29 is 5.11 Å². The lowest BCUT2D eigenvalue weighted by Gasteiger charge is -2.22. The fraction of sp³-hybridized carbons (Fsp3) is 0.333. The smallest absolute Gasteiger partial charge is 0.0558 e. The van der Waals surface area contributed by atoms with Gasteiger partial charge in [0.25, 0.3) is 0 Å². The zero-order valence-corrected chi connectivity index (χ0v) is 12.3. The van der Waals surface area contributed by atoms with Crippen LogP contribution in [-0.2, 0) is 13.1 Å². The summed E-state index contributed by atoms with van der Waals surface area (Å²) < 4.78 is 0. The molecule has 2 heteroatoms. The van der Waals surface area contributed by atoms with Crippen LogP contribution in [0, 0.1) is 13.8 Å². The minimum absolute atomic E-state index is 0.192. The third kappa shape index (κ3) is 4.19. The van der Waals surface area contributed by atoms with Gasteiger partial charge in [0.15, 0.2) is 0 Å². The van der Waals surface area contributed by atoms with E-state index in [0.717, 1.165) is 13.1 Å². The number of aryl methyl sites for hydroxylation is 2. The van der Waals surface area contributed by atoms with Crippen LogP contribution in [0.5, 0.6) is 0 Å². The fourth-order valence-electron chi connectivity index (χ4n) is 2.41. The van der Waals surface area contributed by atoms with Gasteiger partial charge in [0.1, 0.15) is 0 Å². The molecule has 2 aromatic rings. The Kier molecular flexibility index (Phi) is 5.33. The van der Waals surface area contributed by atoms with Crippen molar-refractivity contribution in [3.63, 3.8) is 0 Å². The van der Waals surface area contributed by atoms with Gasteiger partial charge in [-0.1, -0.05) is 54.1 Å². The minimum atomic E-state index is 0.192. The van der Waals surface area contributed by atoms with Crippen LogP contribution in [0.15, 0.2) is 48.5 Å². The van der Waals surface area contributed by atoms with E-state index in [4.69, 9.17) is 0 Å². The number of aliphatic hydroxyl groups excluding tert-OH is 1. The quantitative estimate of drug-likeness (QED) is 0.870. The van der Waals surface area contributed by atoms with Crippen molar-refractivity contribution in [2.75, 3.05) is 13.2 Å². The summed E-state index contributed by atoms with van der Waals surface area (Å²) in [5, 5.41) is 9.27. The minimum Gasteiger partial charge on any atom is -0.395 e. The van der Waals surface area contributed by atoms with E-state index >= 15 is 0 Å². The molecule has 0 spiro atoms. The molecule has 0 fully saturated rings. The highest BCUT2D eigenvalue weighted by Gasteiger charge is 2.08. The van der Waals surface area contributed by atoms with Gasteiger partial charge in [0.05, 0.1) is 6.61 Å². The molecular formula is C18H23NO. The van der Waals surface area contributed by atoms with Crippen molar-refractivity contribution in [2.24, 2.45) is 0 Å². The van der Waals surface area contributed by atoms with Gasteiger partial charge in [-0.15, -0.1) is 0 Å². The summed E-state index contributed by atoms with van der Waals surface area (Å²) in [5.41, 5.74) is 5.22. The fourth-order valence-corrected chi connectivity index (χ4v) is 2.41. The topological polar surface area (TPSA) is 23.5 Å². The first-order valence-corrected chi connectivity index (χ1v) is 7.12. The van der Waals surface area contributed by atoms with Gasteiger partial charge in [0.2, 0.25) is 0 Å². The lowest BCUT2D eigenvalue weighted by atomic mass is 10.0. The lowest BCUT2D eigenvalue weighted by Crippen LogP contribution is -2.26. The Labute approximate surface area is 121 Å². The molecule has 1 N–H and O–H groups in total. The van der Waals surface area contributed by atoms with Crippen LogP contribution in [0.4, 0.5) is 0 Å². The second-order valence-corrected chi connectivity index (χ2v) is 5.35. The number of benzene rings is 2. The highest BCUT2D eigenvalue weighted by Crippen LogP contribution is 2.15. The molecule has 2 aromatic carbocycles. The predicted molar refractivity (Wildman–Crippen MR) is 83.6 cm³/mol. The van der Waals surface area contributed by atoms with Crippen molar-refractivity contribution in [2.45, 2.75) is 26.9 Å². The van der Waals surface area contributed by atoms with Crippen molar-refractivity contribution in [1.29, 1.82) is 0 Å². The third-order valence-corrected chi connectivity index (χ3v) is 3.56. The van der Waals surface area contributed by atoms with Crippen LogP contribution in [0.3, 0.4) is 0 Å². The first kappa shape index (κ1) is 14.8. The predicted octanol–water partition coefficient (Wildman–Crippen LogP) is 3.30. The standard InChI is InChI=1S/C18H23NO/c1-15-8-9-16(2)18(12-15)14-19(10-11-20)13-17-6-4-3-5-7-17/h3-9,12,20H,10-11,13-14H2,1-2H3. The molecule has 0 saturated heterocycles. The average Bonchev–Trinajstić information content (AvgIpc) is 2.44. The molecule has 0 aliphatic rings. The van der Waals surface area contributed by atoms with Crippen LogP contribution in [0.1, 0.15) is 22.3 Å². The monoisotopic (exact) mass is 269 g/mol. The Hall–Kier alpha value is -1.64. The van der Waals surface area contributed by atoms with Gasteiger partial charge in [-0.25, -0.2) is 0 Å². The van der Waals surface area contributed by atoms with Gasteiger partial charge in [0, 0.05) is 19.6 Å². The first-order chi connectivity index (χ1) is 9.69. The number of nitrogens with zero attached hydrogens (tertiary/aromatic N) is 1. The summed E-state index contributed by atoms with van der Waals surface area (Å²) >= 11 is 0. The van der Waals surface area contributed by atoms with Crippen LogP contribution < -0.4 is 0 Å². The molecule has 0 radical (unpaired) electrons. The van der Waals surface area contributed by atoms with Crippen LogP contribution in [-0.4, -0.2) is 23.2 Å². The number of hydrogen-bond acceptors (Lipinski definition) is 2. The summed E-state index contributed by atoms with van der Waals surface area (Å²) in [6.45, 7) is 6.91. The van der Waals surface area contributed by atoms with Crippen molar-refractivity contribution in [1.82, 2.24) is 4.90 Å². The van der Waals surface area contributed by atoms with E-state index in [-0.39, 0.29) is 6.61 Å². The molecule has 0 aromatic heterocycles. The zero-order valence-electron chi connectivity index (χ0n) is 12.3. The lowest BCUT2D eigenvalue weighted by molar-refractivity contribution is 0.184. The molecule has 0 aliphatic heterocycles. The molecule has 0 unspecified atom stereocenters. The highest BCUT2D eigenvalue weighted by atomic mass is 16.3. The van der Waals surface area contributed by atoms with Crippen molar-refractivity contribution in [3.05, 3.63) is 70.8 Å². The highest BCUT2D eigenvalue weighted by molar-refractivity contribution is 5.30. The summed E-state index contributed by atoms with van der Waals surface area (Å²) in [6, 6.07) is 17.0. The van der Waals surface area contributed by atoms with Gasteiger partial charge in [-0.05, 0) is 30.5 Å². The van der Waals surface area contributed by atoms with E-state index in [0.29, 0.717) is 6.54 Å². The molecular weight excluding hydrogens is 246 g/mol. The van der Waals surface area contributed by atoms with Crippen LogP contribution in [0.2, 0.25) is 0 Å². The van der Waals surface area contributed by atoms with E-state index < -0.39 is 0 Å². The maximum Gasteiger partial charge on any atom is 0.0558 e. The van der Waals surface area contributed by atoms with Crippen LogP contribution >= 0.6 is 0 Å². The first-order valence-electron chi connectivity index (χ1n) is 7.12. The molecule has 2 rings (SSSR count). The molecule has 0 bridgehead atoms. The Morgan fingerprint density at radius 2 is 1.70 bits per heavy atom. The molecule has 0 saturated carbocycles. The Bertz CT molecular complexity index is 536. The Morgan fingerprint density at radius 3 is 2.40 bits per heavy atom. The van der Waals surface area contributed by atoms with Gasteiger partial charge < -0.3 is 5.11 Å². The maximum absolute atomic E-state index is 9.27. The summed E-state index contributed by atoms with van der Waals surface area (Å²) in [4.78, 5) is 2.29. The van der Waals surface area contributed by atoms with Gasteiger partial charge >= 0.3 is 0 Å². The molecule has 106 valence electrons. The zero-order chi connectivity index (χ0) is 14.4. The summed E-state index contributed by atoms with van der Waals surface area (Å²) in [6.07, 6.45) is 0. The summed E-state index contributed by atoms with van der Waals surface area (Å²) in [7, 11) is 0. The molecule has 20 heavy (non-hydrogen) atoms. The van der Waals surface area contributed by atoms with E-state index in [9.17, 15) is 5.11 Å². The van der Waals surface area contributed by atoms with E-state index in [1.165, 1.54) is 22.3 Å². The largest absolute Gasteiger partial charge is 0.395 e. The molecule has 0 atom stereocenters. The molecule has 2 nitrogen and oxygen atoms in total. The number of hydrogen-bond donors (Lipinski definition) is 1. The molecule has 0 aliphatic carbocycles. The van der Waals surface area contributed by atoms with E-state index in [1.54, 1.807) is 0 Å². The van der Waals surface area contributed by atoms with Crippen molar-refractivity contribution >= 4 is 0 Å². The second-order valence-electron chi connectivity index (χ2n) is 5.35. The molecule has 0 amide bonds. The summed E-state index contributed by atoms with van der Waals surface area (Å²) in [5.74, 6) is 0. The van der Waals surface area contributed by atoms with E-state index in [2.05, 4.69) is 61.2 Å². The Balaban J connectivity index is 2.11. The number of aliphatic hydroxyl groups is 1. The molecule has 0 heterocycles.